The molecule has 0 aromatic carbocycles. The number of piperidine rings is 1. The highest BCUT2D eigenvalue weighted by atomic mass is 35.5. The van der Waals surface area contributed by atoms with E-state index in [1.807, 2.05) is 24.8 Å². The molecule has 0 unspecified atom stereocenters. The van der Waals surface area contributed by atoms with Gasteiger partial charge in [0.25, 0.3) is 5.91 Å². The lowest BCUT2D eigenvalue weighted by Crippen LogP contribution is -2.38. The lowest BCUT2D eigenvalue weighted by molar-refractivity contribution is 0.0724. The molecule has 1 aliphatic rings. The van der Waals surface area contributed by atoms with E-state index in [1.54, 1.807) is 0 Å². The van der Waals surface area contributed by atoms with Crippen LogP contribution in [0.3, 0.4) is 0 Å². The van der Waals surface area contributed by atoms with Crippen molar-refractivity contribution in [2.45, 2.75) is 32.1 Å². The van der Waals surface area contributed by atoms with Crippen LogP contribution in [-0.2, 0) is 0 Å². The highest BCUT2D eigenvalue weighted by Gasteiger charge is 2.24. The maximum atomic E-state index is 12.2. The van der Waals surface area contributed by atoms with Crippen molar-refractivity contribution in [2.24, 2.45) is 0 Å². The molecule has 0 radical (unpaired) electrons. The molecular formula is C12H16ClNO2. The van der Waals surface area contributed by atoms with E-state index in [2.05, 4.69) is 0 Å². The number of alkyl halides is 1. The van der Waals surface area contributed by atoms with E-state index in [1.165, 1.54) is 0 Å². The summed E-state index contributed by atoms with van der Waals surface area (Å²) in [6.45, 7) is 5.18. The first-order valence-corrected chi connectivity index (χ1v) is 6.02. The second kappa shape index (κ2) is 4.50. The van der Waals surface area contributed by atoms with E-state index in [-0.39, 0.29) is 11.3 Å². The Hall–Kier alpha value is -0.960. The van der Waals surface area contributed by atoms with E-state index in [4.69, 9.17) is 16.0 Å². The van der Waals surface area contributed by atoms with Gasteiger partial charge in [0.1, 0.15) is 11.5 Å². The lowest BCUT2D eigenvalue weighted by atomic mass is 10.1. The monoisotopic (exact) mass is 241 g/mol. The molecule has 1 aliphatic heterocycles. The number of hydrogen-bond donors (Lipinski definition) is 0. The summed E-state index contributed by atoms with van der Waals surface area (Å²) in [7, 11) is 0. The van der Waals surface area contributed by atoms with Gasteiger partial charge in [-0.1, -0.05) is 0 Å². The molecule has 1 aromatic heterocycles. The van der Waals surface area contributed by atoms with Crippen molar-refractivity contribution in [1.29, 1.82) is 0 Å². The van der Waals surface area contributed by atoms with Gasteiger partial charge >= 0.3 is 0 Å². The molecular weight excluding hydrogens is 226 g/mol. The quantitative estimate of drug-likeness (QED) is 0.709. The number of rotatable bonds is 1. The highest BCUT2D eigenvalue weighted by Crippen LogP contribution is 2.20. The number of hydrogen-bond acceptors (Lipinski definition) is 2. The molecule has 1 saturated heterocycles. The van der Waals surface area contributed by atoms with Gasteiger partial charge in [-0.3, -0.25) is 4.79 Å². The van der Waals surface area contributed by atoms with Crippen LogP contribution in [0.15, 0.2) is 10.5 Å². The Kier molecular flexibility index (Phi) is 3.24. The van der Waals surface area contributed by atoms with Crippen molar-refractivity contribution in [3.05, 3.63) is 23.2 Å². The number of carbonyl (C=O) groups excluding carboxylic acids is 1. The zero-order valence-electron chi connectivity index (χ0n) is 9.62. The molecule has 1 amide bonds. The average molecular weight is 242 g/mol. The summed E-state index contributed by atoms with van der Waals surface area (Å²) in [5.74, 6) is 1.56. The third-order valence-corrected chi connectivity index (χ3v) is 3.42. The Morgan fingerprint density at radius 1 is 1.44 bits per heavy atom. The lowest BCUT2D eigenvalue weighted by Gasteiger charge is -2.29. The summed E-state index contributed by atoms with van der Waals surface area (Å²) in [6, 6.07) is 1.81. The smallest absolute Gasteiger partial charge is 0.257 e. The molecule has 0 bridgehead atoms. The van der Waals surface area contributed by atoms with Gasteiger partial charge in [0, 0.05) is 18.5 Å². The molecule has 88 valence electrons. The molecule has 0 atom stereocenters. The van der Waals surface area contributed by atoms with Gasteiger partial charge in [-0.25, -0.2) is 0 Å². The first kappa shape index (κ1) is 11.5. The number of nitrogens with zero attached hydrogens (tertiary/aromatic N) is 1. The number of carbonyl (C=O) groups is 1. The predicted octanol–water partition coefficient (Wildman–Crippen LogP) is 2.74. The summed E-state index contributed by atoms with van der Waals surface area (Å²) < 4.78 is 5.37. The molecule has 0 saturated carbocycles. The minimum atomic E-state index is 0.0675. The van der Waals surface area contributed by atoms with E-state index in [9.17, 15) is 4.79 Å². The van der Waals surface area contributed by atoms with Gasteiger partial charge in [0.2, 0.25) is 0 Å². The normalized spacial score (nSPS) is 17.8. The van der Waals surface area contributed by atoms with Gasteiger partial charge in [-0.15, -0.1) is 11.6 Å². The van der Waals surface area contributed by atoms with Crippen LogP contribution in [0.25, 0.3) is 0 Å². The Morgan fingerprint density at radius 3 is 2.56 bits per heavy atom. The molecule has 2 heterocycles. The number of furan rings is 1. The maximum absolute atomic E-state index is 12.2. The fourth-order valence-electron chi connectivity index (χ4n) is 2.06. The fraction of sp³-hybridized carbons (Fsp3) is 0.583. The van der Waals surface area contributed by atoms with E-state index < -0.39 is 0 Å². The van der Waals surface area contributed by atoms with E-state index in [0.29, 0.717) is 11.3 Å². The second-order valence-corrected chi connectivity index (χ2v) is 4.91. The second-order valence-electron chi connectivity index (χ2n) is 4.29. The summed E-state index contributed by atoms with van der Waals surface area (Å²) in [4.78, 5) is 14.0. The Bertz CT molecular complexity index is 392. The number of amides is 1. The third-order valence-electron chi connectivity index (χ3n) is 2.98. The van der Waals surface area contributed by atoms with Gasteiger partial charge in [-0.05, 0) is 32.8 Å². The van der Waals surface area contributed by atoms with Crippen LogP contribution in [0.2, 0.25) is 0 Å². The number of aryl methyl sites for hydroxylation is 2. The van der Waals surface area contributed by atoms with Crippen LogP contribution in [0.5, 0.6) is 0 Å². The predicted molar refractivity (Wildman–Crippen MR) is 63.0 cm³/mol. The minimum Gasteiger partial charge on any atom is -0.466 e. The summed E-state index contributed by atoms with van der Waals surface area (Å²) >= 11 is 6.01. The Morgan fingerprint density at radius 2 is 2.06 bits per heavy atom. The van der Waals surface area contributed by atoms with Crippen molar-refractivity contribution in [1.82, 2.24) is 4.90 Å². The van der Waals surface area contributed by atoms with Crippen molar-refractivity contribution in [3.8, 4) is 0 Å². The maximum Gasteiger partial charge on any atom is 0.257 e. The molecule has 3 nitrogen and oxygen atoms in total. The van der Waals surface area contributed by atoms with Gasteiger partial charge in [0.15, 0.2) is 0 Å². The summed E-state index contributed by atoms with van der Waals surface area (Å²) in [6.07, 6.45) is 1.76. The van der Waals surface area contributed by atoms with Gasteiger partial charge in [-0.2, -0.15) is 0 Å². The zero-order valence-corrected chi connectivity index (χ0v) is 10.4. The number of likely N-dealkylation sites (tertiary alicyclic amines) is 1. The molecule has 0 spiro atoms. The van der Waals surface area contributed by atoms with E-state index in [0.717, 1.165) is 31.7 Å². The Balaban J connectivity index is 2.10. The van der Waals surface area contributed by atoms with Gasteiger partial charge in [0.05, 0.1) is 5.56 Å². The molecule has 0 aliphatic carbocycles. The molecule has 2 rings (SSSR count). The van der Waals surface area contributed by atoms with E-state index >= 15 is 0 Å². The SMILES string of the molecule is Cc1cc(C(=O)N2CCC(Cl)CC2)c(C)o1. The topological polar surface area (TPSA) is 33.5 Å². The molecule has 0 N–H and O–H groups in total. The first-order valence-electron chi connectivity index (χ1n) is 5.58. The molecule has 16 heavy (non-hydrogen) atoms. The van der Waals surface area contributed by atoms with Crippen LogP contribution in [-0.4, -0.2) is 29.3 Å². The third kappa shape index (κ3) is 2.24. The largest absolute Gasteiger partial charge is 0.466 e. The standard InChI is InChI=1S/C12H16ClNO2/c1-8-7-11(9(2)16-8)12(15)14-5-3-10(13)4-6-14/h7,10H,3-6H2,1-2H3. The fourth-order valence-corrected chi connectivity index (χ4v) is 2.26. The van der Waals surface area contributed by atoms with Crippen LogP contribution >= 0.6 is 11.6 Å². The summed E-state index contributed by atoms with van der Waals surface area (Å²) in [5.41, 5.74) is 0.686. The molecule has 4 heteroatoms. The van der Waals surface area contributed by atoms with Crippen LogP contribution < -0.4 is 0 Å². The minimum absolute atomic E-state index is 0.0675. The zero-order chi connectivity index (χ0) is 11.7. The van der Waals surface area contributed by atoms with Crippen molar-refractivity contribution in [2.75, 3.05) is 13.1 Å². The highest BCUT2D eigenvalue weighted by molar-refractivity contribution is 6.20. The van der Waals surface area contributed by atoms with Crippen molar-refractivity contribution < 1.29 is 9.21 Å². The van der Waals surface area contributed by atoms with Crippen LogP contribution in [0.4, 0.5) is 0 Å². The average Bonchev–Trinajstić information content (AvgIpc) is 2.58. The van der Waals surface area contributed by atoms with Crippen LogP contribution in [0, 0.1) is 13.8 Å². The van der Waals surface area contributed by atoms with Crippen molar-refractivity contribution in [3.63, 3.8) is 0 Å². The summed E-state index contributed by atoms with van der Waals surface area (Å²) in [5, 5.41) is 0.219. The number of halogens is 1. The molecule has 1 fully saturated rings. The Labute approximate surface area is 100 Å². The van der Waals surface area contributed by atoms with Gasteiger partial charge < -0.3 is 9.32 Å². The molecule has 1 aromatic rings. The van der Waals surface area contributed by atoms with Crippen LogP contribution in [0.1, 0.15) is 34.7 Å². The first-order chi connectivity index (χ1) is 7.58. The van der Waals surface area contributed by atoms with Crippen molar-refractivity contribution >= 4 is 17.5 Å².